The summed E-state index contributed by atoms with van der Waals surface area (Å²) in [4.78, 5) is 23.7. The number of rotatable bonds is 6. The van der Waals surface area contributed by atoms with E-state index in [0.29, 0.717) is 18.5 Å². The molecule has 4 nitrogen and oxygen atoms in total. The van der Waals surface area contributed by atoms with Crippen molar-refractivity contribution in [2.24, 2.45) is 5.92 Å². The third-order valence-corrected chi connectivity index (χ3v) is 4.51. The van der Waals surface area contributed by atoms with E-state index in [9.17, 15) is 22.8 Å². The van der Waals surface area contributed by atoms with E-state index in [0.717, 1.165) is 37.8 Å². The molecule has 1 aromatic carbocycles. The maximum atomic E-state index is 12.5. The molecule has 0 radical (unpaired) electrons. The number of carbonyl (C=O) groups is 2. The summed E-state index contributed by atoms with van der Waals surface area (Å²) in [7, 11) is 0. The summed E-state index contributed by atoms with van der Waals surface area (Å²) in [5, 5.41) is 5.50. The molecular weight excluding hydrogens is 333 g/mol. The Kier molecular flexibility index (Phi) is 6.45. The summed E-state index contributed by atoms with van der Waals surface area (Å²) in [6.07, 6.45) is 0.0225. The number of hydrogen-bond donors (Lipinski definition) is 2. The van der Waals surface area contributed by atoms with Gasteiger partial charge in [0.2, 0.25) is 11.8 Å². The molecule has 0 heterocycles. The number of hydrogen-bond acceptors (Lipinski definition) is 2. The van der Waals surface area contributed by atoms with E-state index < -0.39 is 17.8 Å². The molecule has 0 spiro atoms. The van der Waals surface area contributed by atoms with Gasteiger partial charge in [0.05, 0.1) is 5.56 Å². The number of nitrogens with one attached hydrogen (secondary N) is 2. The first-order valence-corrected chi connectivity index (χ1v) is 8.48. The van der Waals surface area contributed by atoms with Crippen molar-refractivity contribution in [3.63, 3.8) is 0 Å². The topological polar surface area (TPSA) is 58.2 Å². The molecule has 1 saturated carbocycles. The van der Waals surface area contributed by atoms with Crippen LogP contribution in [0, 0.1) is 5.92 Å². The van der Waals surface area contributed by atoms with E-state index in [2.05, 4.69) is 10.6 Å². The van der Waals surface area contributed by atoms with Crippen LogP contribution in [0.5, 0.6) is 0 Å². The van der Waals surface area contributed by atoms with Crippen LogP contribution in [0.1, 0.15) is 43.7 Å². The van der Waals surface area contributed by atoms with Crippen LogP contribution in [0.15, 0.2) is 24.3 Å². The second-order valence-electron chi connectivity index (χ2n) is 6.46. The first-order chi connectivity index (χ1) is 11.8. The van der Waals surface area contributed by atoms with Crippen LogP contribution in [0.25, 0.3) is 0 Å². The Balaban J connectivity index is 1.86. The Morgan fingerprint density at radius 3 is 2.28 bits per heavy atom. The summed E-state index contributed by atoms with van der Waals surface area (Å²) >= 11 is 0. The Morgan fingerprint density at radius 1 is 1.16 bits per heavy atom. The highest BCUT2D eigenvalue weighted by Gasteiger charge is 2.31. The molecule has 0 aromatic heterocycles. The highest BCUT2D eigenvalue weighted by atomic mass is 19.4. The Hall–Kier alpha value is -2.05. The van der Waals surface area contributed by atoms with Crippen LogP contribution in [0.2, 0.25) is 0 Å². The second kappa shape index (κ2) is 8.36. The van der Waals surface area contributed by atoms with Gasteiger partial charge in [0.15, 0.2) is 0 Å². The molecule has 1 atom stereocenters. The maximum absolute atomic E-state index is 12.5. The zero-order chi connectivity index (χ0) is 18.4. The van der Waals surface area contributed by atoms with Crippen LogP contribution in [0.4, 0.5) is 13.2 Å². The molecule has 1 aliphatic carbocycles. The van der Waals surface area contributed by atoms with Gasteiger partial charge in [-0.1, -0.05) is 25.0 Å². The van der Waals surface area contributed by atoms with E-state index in [1.165, 1.54) is 19.1 Å². The minimum atomic E-state index is -4.35. The Bertz CT molecular complexity index is 593. The van der Waals surface area contributed by atoms with Gasteiger partial charge in [0.25, 0.3) is 0 Å². The summed E-state index contributed by atoms with van der Waals surface area (Å²) in [6, 6.07) is 4.37. The minimum absolute atomic E-state index is 0.148. The van der Waals surface area contributed by atoms with Crippen molar-refractivity contribution in [3.05, 3.63) is 35.4 Å². The normalized spacial score (nSPS) is 16.5. The molecule has 7 heteroatoms. The fourth-order valence-electron chi connectivity index (χ4n) is 3.21. The van der Waals surface area contributed by atoms with Gasteiger partial charge < -0.3 is 10.6 Å². The van der Waals surface area contributed by atoms with Gasteiger partial charge in [-0.2, -0.15) is 13.2 Å². The predicted molar refractivity (Wildman–Crippen MR) is 87.7 cm³/mol. The van der Waals surface area contributed by atoms with Gasteiger partial charge in [0, 0.05) is 13.5 Å². The molecular formula is C18H23F3N2O2. The molecule has 0 aliphatic heterocycles. The zero-order valence-corrected chi connectivity index (χ0v) is 14.2. The van der Waals surface area contributed by atoms with E-state index in [4.69, 9.17) is 0 Å². The highest BCUT2D eigenvalue weighted by molar-refractivity contribution is 5.87. The Labute approximate surface area is 145 Å². The van der Waals surface area contributed by atoms with Crippen molar-refractivity contribution in [1.82, 2.24) is 10.6 Å². The maximum Gasteiger partial charge on any atom is 0.416 e. The number of alkyl halides is 3. The van der Waals surface area contributed by atoms with Crippen LogP contribution >= 0.6 is 0 Å². The first-order valence-electron chi connectivity index (χ1n) is 8.48. The SMILES string of the molecule is CC(=O)NC(C(=O)NCCc1ccc(C(F)(F)F)cc1)C1CCCC1. The fourth-order valence-corrected chi connectivity index (χ4v) is 3.21. The van der Waals surface area contributed by atoms with Crippen molar-refractivity contribution < 1.29 is 22.8 Å². The molecule has 1 aliphatic rings. The first kappa shape index (κ1) is 19.3. The van der Waals surface area contributed by atoms with Crippen molar-refractivity contribution in [2.75, 3.05) is 6.54 Å². The van der Waals surface area contributed by atoms with E-state index >= 15 is 0 Å². The fraction of sp³-hybridized carbons (Fsp3) is 0.556. The average molecular weight is 356 g/mol. The smallest absolute Gasteiger partial charge is 0.354 e. The van der Waals surface area contributed by atoms with Gasteiger partial charge in [-0.05, 0) is 42.9 Å². The van der Waals surface area contributed by atoms with Gasteiger partial charge in [0.1, 0.15) is 6.04 Å². The molecule has 2 N–H and O–H groups in total. The lowest BCUT2D eigenvalue weighted by Gasteiger charge is -2.23. The minimum Gasteiger partial charge on any atom is -0.354 e. The van der Waals surface area contributed by atoms with Gasteiger partial charge in [-0.3, -0.25) is 9.59 Å². The quantitative estimate of drug-likeness (QED) is 0.823. The summed E-state index contributed by atoms with van der Waals surface area (Å²) in [6.45, 7) is 1.70. The Morgan fingerprint density at radius 2 is 1.76 bits per heavy atom. The summed E-state index contributed by atoms with van der Waals surface area (Å²) in [5.41, 5.74) is 0.0254. The van der Waals surface area contributed by atoms with Crippen LogP contribution in [-0.2, 0) is 22.2 Å². The van der Waals surface area contributed by atoms with E-state index in [-0.39, 0.29) is 17.7 Å². The molecule has 2 amide bonds. The van der Waals surface area contributed by atoms with Crippen molar-refractivity contribution in [3.8, 4) is 0 Å². The number of carbonyl (C=O) groups excluding carboxylic acids is 2. The number of halogens is 3. The standard InChI is InChI=1S/C18H23F3N2O2/c1-12(24)23-16(14-4-2-3-5-14)17(25)22-11-10-13-6-8-15(9-7-13)18(19,20)21/h6-9,14,16H,2-5,10-11H2,1H3,(H,22,25)(H,23,24). The molecule has 138 valence electrons. The molecule has 1 aromatic rings. The molecule has 2 rings (SSSR count). The number of benzene rings is 1. The van der Waals surface area contributed by atoms with Gasteiger partial charge >= 0.3 is 6.18 Å². The molecule has 0 saturated heterocycles. The lowest BCUT2D eigenvalue weighted by Crippen LogP contribution is -2.50. The van der Waals surface area contributed by atoms with Gasteiger partial charge in [-0.15, -0.1) is 0 Å². The molecule has 1 unspecified atom stereocenters. The van der Waals surface area contributed by atoms with E-state index in [1.54, 1.807) is 0 Å². The number of amides is 2. The lowest BCUT2D eigenvalue weighted by molar-refractivity contribution is -0.137. The molecule has 0 bridgehead atoms. The summed E-state index contributed by atoms with van der Waals surface area (Å²) in [5.74, 6) is -0.321. The van der Waals surface area contributed by atoms with Crippen LogP contribution < -0.4 is 10.6 Å². The monoisotopic (exact) mass is 356 g/mol. The third-order valence-electron chi connectivity index (χ3n) is 4.51. The molecule has 1 fully saturated rings. The van der Waals surface area contributed by atoms with Crippen LogP contribution in [-0.4, -0.2) is 24.4 Å². The predicted octanol–water partition coefficient (Wildman–Crippen LogP) is 3.06. The van der Waals surface area contributed by atoms with Crippen molar-refractivity contribution >= 4 is 11.8 Å². The third kappa shape index (κ3) is 5.76. The van der Waals surface area contributed by atoms with Crippen LogP contribution in [0.3, 0.4) is 0 Å². The summed E-state index contributed by atoms with van der Waals surface area (Å²) < 4.78 is 37.6. The average Bonchev–Trinajstić information content (AvgIpc) is 3.06. The van der Waals surface area contributed by atoms with Crippen molar-refractivity contribution in [1.29, 1.82) is 0 Å². The van der Waals surface area contributed by atoms with E-state index in [1.807, 2.05) is 0 Å². The highest BCUT2D eigenvalue weighted by Crippen LogP contribution is 2.29. The lowest BCUT2D eigenvalue weighted by atomic mass is 9.97. The van der Waals surface area contributed by atoms with Gasteiger partial charge in [-0.25, -0.2) is 0 Å². The largest absolute Gasteiger partial charge is 0.416 e. The second-order valence-corrected chi connectivity index (χ2v) is 6.46. The zero-order valence-electron chi connectivity index (χ0n) is 14.2. The molecule has 25 heavy (non-hydrogen) atoms. The van der Waals surface area contributed by atoms with Crippen molar-refractivity contribution in [2.45, 2.75) is 51.2 Å².